The number of aryl methyl sites for hydroxylation is 1. The minimum absolute atomic E-state index is 0.0159. The third kappa shape index (κ3) is 6.22. The lowest BCUT2D eigenvalue weighted by Gasteiger charge is -2.15. The summed E-state index contributed by atoms with van der Waals surface area (Å²) >= 11 is 3.53. The van der Waals surface area contributed by atoms with Gasteiger partial charge in [-0.05, 0) is 71.2 Å². The van der Waals surface area contributed by atoms with Crippen LogP contribution >= 0.6 is 15.9 Å². The molecule has 0 spiro atoms. The standard InChI is InChI=1S/C26H23BrN2O3/c1-3-31-24-15-20(14-23(27)25(24)32-17-19-7-5-4-6-8-19)13-21(16-28)26(30)29-22-11-9-18(2)10-12-22/h4-15H,3,17H2,1-2H3,(H,29,30)/b21-13-. The number of nitrogens with zero attached hydrogens (tertiary/aromatic N) is 1. The Balaban J connectivity index is 1.83. The predicted octanol–water partition coefficient (Wildman–Crippen LogP) is 6.28. The molecule has 0 aliphatic rings. The van der Waals surface area contributed by atoms with Crippen molar-refractivity contribution in [1.82, 2.24) is 0 Å². The van der Waals surface area contributed by atoms with Gasteiger partial charge in [0.25, 0.3) is 5.91 Å². The molecule has 3 aromatic carbocycles. The first kappa shape index (κ1) is 23.1. The van der Waals surface area contributed by atoms with E-state index in [1.165, 1.54) is 6.08 Å². The van der Waals surface area contributed by atoms with Crippen molar-refractivity contribution in [2.75, 3.05) is 11.9 Å². The zero-order valence-corrected chi connectivity index (χ0v) is 19.5. The number of carbonyl (C=O) groups is 1. The van der Waals surface area contributed by atoms with Crippen molar-refractivity contribution in [3.8, 4) is 17.6 Å². The lowest BCUT2D eigenvalue weighted by Crippen LogP contribution is -2.13. The molecule has 0 aliphatic heterocycles. The molecule has 5 nitrogen and oxygen atoms in total. The lowest BCUT2D eigenvalue weighted by molar-refractivity contribution is -0.112. The van der Waals surface area contributed by atoms with Crippen molar-refractivity contribution in [2.45, 2.75) is 20.5 Å². The molecule has 0 aromatic heterocycles. The van der Waals surface area contributed by atoms with Gasteiger partial charge in [-0.2, -0.15) is 5.26 Å². The molecule has 3 aromatic rings. The summed E-state index contributed by atoms with van der Waals surface area (Å²) in [6, 6.07) is 22.7. The second kappa shape index (κ2) is 11.2. The summed E-state index contributed by atoms with van der Waals surface area (Å²) < 4.78 is 12.4. The zero-order chi connectivity index (χ0) is 22.9. The van der Waals surface area contributed by atoms with Crippen molar-refractivity contribution in [3.05, 3.63) is 93.5 Å². The van der Waals surface area contributed by atoms with Gasteiger partial charge in [0.1, 0.15) is 18.2 Å². The van der Waals surface area contributed by atoms with E-state index in [2.05, 4.69) is 21.2 Å². The van der Waals surface area contributed by atoms with E-state index in [1.54, 1.807) is 24.3 Å². The van der Waals surface area contributed by atoms with Gasteiger partial charge in [-0.25, -0.2) is 0 Å². The second-order valence-corrected chi connectivity index (χ2v) is 7.88. The Hall–Kier alpha value is -3.56. The molecule has 0 saturated heterocycles. The summed E-state index contributed by atoms with van der Waals surface area (Å²) in [7, 11) is 0. The van der Waals surface area contributed by atoms with Gasteiger partial charge in [0.05, 0.1) is 11.1 Å². The maximum atomic E-state index is 12.6. The van der Waals surface area contributed by atoms with Crippen LogP contribution in [-0.2, 0) is 11.4 Å². The molecular formula is C26H23BrN2O3. The maximum absolute atomic E-state index is 12.6. The van der Waals surface area contributed by atoms with Crippen LogP contribution < -0.4 is 14.8 Å². The van der Waals surface area contributed by atoms with E-state index in [0.29, 0.717) is 40.4 Å². The van der Waals surface area contributed by atoms with Gasteiger partial charge in [-0.3, -0.25) is 4.79 Å². The third-order valence-corrected chi connectivity index (χ3v) is 5.13. The highest BCUT2D eigenvalue weighted by molar-refractivity contribution is 9.10. The monoisotopic (exact) mass is 490 g/mol. The Bertz CT molecular complexity index is 1150. The molecule has 0 saturated carbocycles. The molecule has 0 bridgehead atoms. The third-order valence-electron chi connectivity index (χ3n) is 4.54. The number of anilines is 1. The van der Waals surface area contributed by atoms with E-state index in [4.69, 9.17) is 9.47 Å². The van der Waals surface area contributed by atoms with Crippen LogP contribution in [-0.4, -0.2) is 12.5 Å². The van der Waals surface area contributed by atoms with Crippen LogP contribution in [0.1, 0.15) is 23.6 Å². The largest absolute Gasteiger partial charge is 0.490 e. The van der Waals surface area contributed by atoms with Gasteiger partial charge >= 0.3 is 0 Å². The molecule has 0 aliphatic carbocycles. The first-order valence-corrected chi connectivity index (χ1v) is 10.9. The van der Waals surface area contributed by atoms with Crippen LogP contribution in [0.2, 0.25) is 0 Å². The first-order valence-electron chi connectivity index (χ1n) is 10.1. The SMILES string of the molecule is CCOc1cc(/C=C(/C#N)C(=O)Nc2ccc(C)cc2)cc(Br)c1OCc1ccccc1. The van der Waals surface area contributed by atoms with E-state index < -0.39 is 5.91 Å². The Morgan fingerprint density at radius 3 is 2.47 bits per heavy atom. The van der Waals surface area contributed by atoms with Crippen LogP contribution in [0.25, 0.3) is 6.08 Å². The van der Waals surface area contributed by atoms with Crippen LogP contribution in [0.15, 0.2) is 76.8 Å². The summed E-state index contributed by atoms with van der Waals surface area (Å²) in [5.74, 6) is 0.616. The molecule has 0 unspecified atom stereocenters. The predicted molar refractivity (Wildman–Crippen MR) is 129 cm³/mol. The molecule has 162 valence electrons. The Morgan fingerprint density at radius 2 is 1.81 bits per heavy atom. The minimum atomic E-state index is -0.477. The Morgan fingerprint density at radius 1 is 1.09 bits per heavy atom. The van der Waals surface area contributed by atoms with Gasteiger partial charge in [-0.1, -0.05) is 48.0 Å². The van der Waals surface area contributed by atoms with Gasteiger partial charge < -0.3 is 14.8 Å². The molecule has 1 amide bonds. The molecule has 6 heteroatoms. The van der Waals surface area contributed by atoms with E-state index >= 15 is 0 Å². The van der Waals surface area contributed by atoms with Crippen molar-refractivity contribution < 1.29 is 14.3 Å². The number of ether oxygens (including phenoxy) is 2. The summed E-state index contributed by atoms with van der Waals surface area (Å²) in [6.07, 6.45) is 1.53. The minimum Gasteiger partial charge on any atom is -0.490 e. The van der Waals surface area contributed by atoms with E-state index in [-0.39, 0.29) is 5.57 Å². The smallest absolute Gasteiger partial charge is 0.266 e. The number of amides is 1. The van der Waals surface area contributed by atoms with Gasteiger partial charge in [0, 0.05) is 5.69 Å². The molecule has 0 heterocycles. The first-order chi connectivity index (χ1) is 15.5. The Kier molecular flexibility index (Phi) is 8.07. The van der Waals surface area contributed by atoms with E-state index in [0.717, 1.165) is 11.1 Å². The fourth-order valence-corrected chi connectivity index (χ4v) is 3.53. The highest BCUT2D eigenvalue weighted by Crippen LogP contribution is 2.38. The van der Waals surface area contributed by atoms with Crippen LogP contribution in [0, 0.1) is 18.3 Å². The average Bonchev–Trinajstić information content (AvgIpc) is 2.79. The lowest BCUT2D eigenvalue weighted by atomic mass is 10.1. The number of benzene rings is 3. The summed E-state index contributed by atoms with van der Waals surface area (Å²) in [4.78, 5) is 12.6. The van der Waals surface area contributed by atoms with Crippen LogP contribution in [0.3, 0.4) is 0 Å². The van der Waals surface area contributed by atoms with Gasteiger partial charge in [-0.15, -0.1) is 0 Å². The number of halogens is 1. The molecule has 0 atom stereocenters. The Labute approximate surface area is 196 Å². The normalized spacial score (nSPS) is 10.9. The number of nitriles is 1. The number of carbonyl (C=O) groups excluding carboxylic acids is 1. The van der Waals surface area contributed by atoms with Crippen LogP contribution in [0.5, 0.6) is 11.5 Å². The topological polar surface area (TPSA) is 71.3 Å². The average molecular weight is 491 g/mol. The molecule has 0 radical (unpaired) electrons. The highest BCUT2D eigenvalue weighted by atomic mass is 79.9. The number of nitrogens with one attached hydrogen (secondary N) is 1. The summed E-state index contributed by atoms with van der Waals surface area (Å²) in [5.41, 5.74) is 3.37. The number of rotatable bonds is 8. The van der Waals surface area contributed by atoms with Crippen molar-refractivity contribution in [3.63, 3.8) is 0 Å². The van der Waals surface area contributed by atoms with Crippen molar-refractivity contribution in [1.29, 1.82) is 5.26 Å². The molecular weight excluding hydrogens is 468 g/mol. The fraction of sp³-hybridized carbons (Fsp3) is 0.154. The number of hydrogen-bond donors (Lipinski definition) is 1. The molecule has 32 heavy (non-hydrogen) atoms. The highest BCUT2D eigenvalue weighted by Gasteiger charge is 2.15. The fourth-order valence-electron chi connectivity index (χ4n) is 2.95. The van der Waals surface area contributed by atoms with Gasteiger partial charge in [0.15, 0.2) is 11.5 Å². The summed E-state index contributed by atoms with van der Waals surface area (Å²) in [6.45, 7) is 4.68. The zero-order valence-electron chi connectivity index (χ0n) is 17.9. The van der Waals surface area contributed by atoms with Crippen LogP contribution in [0.4, 0.5) is 5.69 Å². The van der Waals surface area contributed by atoms with Crippen molar-refractivity contribution >= 4 is 33.6 Å². The summed E-state index contributed by atoms with van der Waals surface area (Å²) in [5, 5.41) is 12.3. The quantitative estimate of drug-likeness (QED) is 0.297. The van der Waals surface area contributed by atoms with E-state index in [1.807, 2.05) is 62.4 Å². The second-order valence-electron chi connectivity index (χ2n) is 7.03. The van der Waals surface area contributed by atoms with Gasteiger partial charge in [0.2, 0.25) is 0 Å². The number of hydrogen-bond acceptors (Lipinski definition) is 4. The molecule has 3 rings (SSSR count). The van der Waals surface area contributed by atoms with E-state index in [9.17, 15) is 10.1 Å². The molecule has 0 fully saturated rings. The van der Waals surface area contributed by atoms with Crippen molar-refractivity contribution in [2.24, 2.45) is 0 Å². The molecule has 1 N–H and O–H groups in total. The maximum Gasteiger partial charge on any atom is 0.266 e.